The average molecular weight is 162 g/mol. The van der Waals surface area contributed by atoms with E-state index in [2.05, 4.69) is 21.1 Å². The highest BCUT2D eigenvalue weighted by Gasteiger charge is 2.26. The fourth-order valence-electron chi connectivity index (χ4n) is 0.735. The van der Waals surface area contributed by atoms with Gasteiger partial charge in [0.05, 0.1) is 42.3 Å². The zero-order valence-corrected chi connectivity index (χ0v) is 8.63. The molecule has 0 saturated heterocycles. The van der Waals surface area contributed by atoms with Crippen molar-refractivity contribution in [2.45, 2.75) is 6.23 Å². The molecular formula is C8H22N2O+2. The van der Waals surface area contributed by atoms with Crippen molar-refractivity contribution < 1.29 is 14.1 Å². The van der Waals surface area contributed by atoms with Crippen LogP contribution < -0.4 is 0 Å². The molecule has 0 spiro atoms. The van der Waals surface area contributed by atoms with Gasteiger partial charge in [0, 0.05) is 0 Å². The summed E-state index contributed by atoms with van der Waals surface area (Å²) in [6, 6.07) is 0. The third-order valence-electron chi connectivity index (χ3n) is 1.61. The molecule has 0 bridgehead atoms. The normalized spacial score (nSPS) is 16.6. The molecule has 0 rings (SSSR count). The van der Waals surface area contributed by atoms with E-state index in [4.69, 9.17) is 0 Å². The van der Waals surface area contributed by atoms with Crippen molar-refractivity contribution >= 4 is 0 Å². The third-order valence-corrected chi connectivity index (χ3v) is 1.61. The number of rotatable bonds is 3. The van der Waals surface area contributed by atoms with Crippen LogP contribution in [0.3, 0.4) is 0 Å². The summed E-state index contributed by atoms with van der Waals surface area (Å²) >= 11 is 0. The molecule has 0 aromatic rings. The number of likely N-dealkylation sites (N-methyl/N-ethyl adjacent to an activating group) is 2. The van der Waals surface area contributed by atoms with Crippen LogP contribution in [0.5, 0.6) is 0 Å². The Balaban J connectivity index is 3.99. The van der Waals surface area contributed by atoms with E-state index in [9.17, 15) is 5.11 Å². The number of aliphatic hydroxyl groups excluding tert-OH is 1. The van der Waals surface area contributed by atoms with Crippen LogP contribution in [0.2, 0.25) is 0 Å². The topological polar surface area (TPSA) is 20.2 Å². The Morgan fingerprint density at radius 3 is 1.45 bits per heavy atom. The first-order valence-corrected chi connectivity index (χ1v) is 3.92. The van der Waals surface area contributed by atoms with Crippen molar-refractivity contribution in [3.8, 4) is 0 Å². The highest BCUT2D eigenvalue weighted by Crippen LogP contribution is 2.03. The molecule has 0 fully saturated rings. The van der Waals surface area contributed by atoms with Crippen LogP contribution in [0.25, 0.3) is 0 Å². The van der Waals surface area contributed by atoms with E-state index in [1.54, 1.807) is 0 Å². The molecule has 68 valence electrons. The molecule has 1 atom stereocenters. The molecule has 0 radical (unpaired) electrons. The number of aliphatic hydroxyl groups is 1. The summed E-state index contributed by atoms with van der Waals surface area (Å²) in [4.78, 5) is 0. The van der Waals surface area contributed by atoms with Crippen LogP contribution in [-0.4, -0.2) is 69.1 Å². The van der Waals surface area contributed by atoms with Crippen molar-refractivity contribution in [2.24, 2.45) is 0 Å². The summed E-state index contributed by atoms with van der Waals surface area (Å²) in [5, 5.41) is 9.68. The standard InChI is InChI=1S/C8H22N2O/c1-9(2,3)7-8(11)10(4,5)6/h8,11H,7H2,1-6H3/q+2. The minimum atomic E-state index is -0.282. The second-order valence-electron chi connectivity index (χ2n) is 5.07. The Labute approximate surface area is 70.0 Å². The first-order valence-electron chi connectivity index (χ1n) is 3.92. The van der Waals surface area contributed by atoms with E-state index in [1.807, 2.05) is 21.1 Å². The van der Waals surface area contributed by atoms with Gasteiger partial charge in [-0.15, -0.1) is 0 Å². The zero-order chi connectivity index (χ0) is 9.28. The molecule has 0 amide bonds. The minimum Gasteiger partial charge on any atom is -0.340 e. The van der Waals surface area contributed by atoms with Gasteiger partial charge >= 0.3 is 0 Å². The van der Waals surface area contributed by atoms with Gasteiger partial charge in [0.25, 0.3) is 0 Å². The fraction of sp³-hybridized carbons (Fsp3) is 1.00. The van der Waals surface area contributed by atoms with E-state index in [0.29, 0.717) is 4.48 Å². The first kappa shape index (κ1) is 10.9. The van der Waals surface area contributed by atoms with Crippen LogP contribution in [0.4, 0.5) is 0 Å². The van der Waals surface area contributed by atoms with Crippen LogP contribution in [0, 0.1) is 0 Å². The van der Waals surface area contributed by atoms with Gasteiger partial charge in [-0.2, -0.15) is 0 Å². The van der Waals surface area contributed by atoms with Gasteiger partial charge in [-0.1, -0.05) is 0 Å². The van der Waals surface area contributed by atoms with Crippen LogP contribution in [0.1, 0.15) is 0 Å². The molecule has 1 unspecified atom stereocenters. The molecule has 0 aromatic heterocycles. The number of nitrogens with zero attached hydrogens (tertiary/aromatic N) is 2. The third kappa shape index (κ3) is 5.18. The SMILES string of the molecule is C[N+](C)(C)CC(O)[N+](C)(C)C. The molecule has 0 saturated carbocycles. The lowest BCUT2D eigenvalue weighted by atomic mass is 10.4. The van der Waals surface area contributed by atoms with Gasteiger partial charge < -0.3 is 14.1 Å². The number of hydrogen-bond acceptors (Lipinski definition) is 1. The largest absolute Gasteiger partial charge is 0.340 e. The summed E-state index contributed by atoms with van der Waals surface area (Å²) in [5.74, 6) is 0. The van der Waals surface area contributed by atoms with E-state index in [-0.39, 0.29) is 6.23 Å². The minimum absolute atomic E-state index is 0.282. The van der Waals surface area contributed by atoms with Crippen molar-refractivity contribution in [3.05, 3.63) is 0 Å². The van der Waals surface area contributed by atoms with Gasteiger partial charge in [-0.3, -0.25) is 0 Å². The van der Waals surface area contributed by atoms with Gasteiger partial charge in [-0.25, -0.2) is 0 Å². The smallest absolute Gasteiger partial charge is 0.240 e. The second-order valence-corrected chi connectivity index (χ2v) is 5.07. The maximum Gasteiger partial charge on any atom is 0.240 e. The summed E-state index contributed by atoms with van der Waals surface area (Å²) in [7, 11) is 12.2. The highest BCUT2D eigenvalue weighted by atomic mass is 16.3. The monoisotopic (exact) mass is 162 g/mol. The second kappa shape index (κ2) is 3.09. The van der Waals surface area contributed by atoms with Crippen LogP contribution in [-0.2, 0) is 0 Å². The van der Waals surface area contributed by atoms with Crippen LogP contribution >= 0.6 is 0 Å². The van der Waals surface area contributed by atoms with Gasteiger partial charge in [0.15, 0.2) is 6.54 Å². The van der Waals surface area contributed by atoms with Crippen molar-refractivity contribution in [3.63, 3.8) is 0 Å². The quantitative estimate of drug-likeness (QED) is 0.447. The van der Waals surface area contributed by atoms with Crippen molar-refractivity contribution in [2.75, 3.05) is 48.8 Å². The number of hydrogen-bond donors (Lipinski definition) is 1. The van der Waals surface area contributed by atoms with E-state index < -0.39 is 0 Å². The average Bonchev–Trinajstić information content (AvgIpc) is 1.56. The molecule has 3 nitrogen and oxygen atoms in total. The van der Waals surface area contributed by atoms with Gasteiger partial charge in [0.1, 0.15) is 0 Å². The Hall–Kier alpha value is -0.120. The summed E-state index contributed by atoms with van der Waals surface area (Å²) in [5.41, 5.74) is 0. The molecule has 1 N–H and O–H groups in total. The molecule has 0 aliphatic rings. The predicted octanol–water partition coefficient (Wildman–Crippen LogP) is -0.283. The Bertz CT molecular complexity index is 121. The molecule has 0 aromatic carbocycles. The molecular weight excluding hydrogens is 140 g/mol. The lowest BCUT2D eigenvalue weighted by molar-refractivity contribution is -0.964. The highest BCUT2D eigenvalue weighted by molar-refractivity contribution is 4.35. The van der Waals surface area contributed by atoms with E-state index in [0.717, 1.165) is 11.0 Å². The van der Waals surface area contributed by atoms with Crippen molar-refractivity contribution in [1.82, 2.24) is 0 Å². The summed E-state index contributed by atoms with van der Waals surface area (Å²) in [6.07, 6.45) is -0.282. The molecule has 0 heterocycles. The number of quaternary nitrogens is 2. The lowest BCUT2D eigenvalue weighted by Gasteiger charge is -2.34. The maximum atomic E-state index is 9.68. The first-order chi connectivity index (χ1) is 4.63. The maximum absolute atomic E-state index is 9.68. The molecule has 0 aliphatic heterocycles. The Morgan fingerprint density at radius 2 is 1.36 bits per heavy atom. The fourth-order valence-corrected chi connectivity index (χ4v) is 0.735. The Kier molecular flexibility index (Phi) is 3.06. The Morgan fingerprint density at radius 1 is 1.00 bits per heavy atom. The van der Waals surface area contributed by atoms with E-state index in [1.165, 1.54) is 0 Å². The van der Waals surface area contributed by atoms with Crippen molar-refractivity contribution in [1.29, 1.82) is 0 Å². The van der Waals surface area contributed by atoms with Crippen LogP contribution in [0.15, 0.2) is 0 Å². The zero-order valence-electron chi connectivity index (χ0n) is 8.63. The summed E-state index contributed by atoms with van der Waals surface area (Å²) in [6.45, 7) is 0.781. The lowest BCUT2D eigenvalue weighted by Crippen LogP contribution is -2.54. The predicted molar refractivity (Wildman–Crippen MR) is 46.9 cm³/mol. The van der Waals surface area contributed by atoms with Gasteiger partial charge in [-0.05, 0) is 0 Å². The molecule has 0 aliphatic carbocycles. The molecule has 3 heteroatoms. The van der Waals surface area contributed by atoms with E-state index >= 15 is 0 Å². The summed E-state index contributed by atoms with van der Waals surface area (Å²) < 4.78 is 1.41. The van der Waals surface area contributed by atoms with Gasteiger partial charge in [0.2, 0.25) is 6.23 Å². The molecule has 11 heavy (non-hydrogen) atoms.